The van der Waals surface area contributed by atoms with Crippen LogP contribution in [0.4, 0.5) is 11.5 Å². The minimum absolute atomic E-state index is 0.528. The highest BCUT2D eigenvalue weighted by molar-refractivity contribution is 5.92. The summed E-state index contributed by atoms with van der Waals surface area (Å²) < 4.78 is 13.6. The molecule has 8 nitrogen and oxygen atoms in total. The van der Waals surface area contributed by atoms with Crippen LogP contribution in [-0.4, -0.2) is 58.3 Å². The van der Waals surface area contributed by atoms with Crippen molar-refractivity contribution in [1.29, 1.82) is 0 Å². The predicted molar refractivity (Wildman–Crippen MR) is 124 cm³/mol. The Labute approximate surface area is 188 Å². The molecule has 0 amide bonds. The Kier molecular flexibility index (Phi) is 5.77. The number of fused-ring (bicyclic) bond motifs is 1. The highest BCUT2D eigenvalue weighted by Gasteiger charge is 2.20. The largest absolute Gasteiger partial charge is 0.491 e. The van der Waals surface area contributed by atoms with E-state index >= 15 is 0 Å². The first-order chi connectivity index (χ1) is 15.7. The van der Waals surface area contributed by atoms with E-state index in [1.807, 2.05) is 55.9 Å². The third-order valence-electron chi connectivity index (χ3n) is 5.99. The van der Waals surface area contributed by atoms with E-state index in [2.05, 4.69) is 31.8 Å². The molecule has 1 fully saturated rings. The van der Waals surface area contributed by atoms with Crippen molar-refractivity contribution in [3.05, 3.63) is 54.4 Å². The number of rotatable bonds is 7. The average molecular weight is 433 g/mol. The molecule has 0 unspecified atom stereocenters. The Morgan fingerprint density at radius 2 is 2.03 bits per heavy atom. The van der Waals surface area contributed by atoms with Gasteiger partial charge >= 0.3 is 0 Å². The maximum absolute atomic E-state index is 5.97. The van der Waals surface area contributed by atoms with Gasteiger partial charge in [0, 0.05) is 49.7 Å². The van der Waals surface area contributed by atoms with E-state index < -0.39 is 0 Å². The summed E-state index contributed by atoms with van der Waals surface area (Å²) in [5, 5.41) is 4.49. The fourth-order valence-corrected chi connectivity index (χ4v) is 4.22. The third kappa shape index (κ3) is 4.45. The van der Waals surface area contributed by atoms with E-state index in [0.29, 0.717) is 30.9 Å². The lowest BCUT2D eigenvalue weighted by Gasteiger charge is -2.25. The number of pyridine rings is 1. The topological polar surface area (TPSA) is 68.0 Å². The first kappa shape index (κ1) is 20.5. The van der Waals surface area contributed by atoms with E-state index in [1.165, 1.54) is 19.4 Å². The van der Waals surface area contributed by atoms with Crippen molar-refractivity contribution in [2.75, 3.05) is 31.3 Å². The quantitative estimate of drug-likeness (QED) is 0.562. The number of ether oxygens (including phenoxy) is 2. The van der Waals surface area contributed by atoms with Crippen LogP contribution in [0.3, 0.4) is 0 Å². The van der Waals surface area contributed by atoms with Gasteiger partial charge in [-0.25, -0.2) is 4.98 Å². The van der Waals surface area contributed by atoms with Crippen LogP contribution in [0.5, 0.6) is 17.4 Å². The van der Waals surface area contributed by atoms with Gasteiger partial charge in [-0.1, -0.05) is 0 Å². The minimum atomic E-state index is 0.528. The van der Waals surface area contributed by atoms with Crippen LogP contribution in [0.1, 0.15) is 25.3 Å². The van der Waals surface area contributed by atoms with Gasteiger partial charge in [-0.05, 0) is 50.6 Å². The third-order valence-corrected chi connectivity index (χ3v) is 5.99. The van der Waals surface area contributed by atoms with Crippen molar-refractivity contribution >= 4 is 17.7 Å². The van der Waals surface area contributed by atoms with Crippen molar-refractivity contribution < 1.29 is 9.47 Å². The van der Waals surface area contributed by atoms with Crippen LogP contribution in [0.15, 0.2) is 53.8 Å². The SMILES string of the molecule is C[C@@H]1CCCN1CCOc1ccc(Oc2ccc3c(c2)C=NCN3c2ccn(C)n2)nc1. The molecule has 32 heavy (non-hydrogen) atoms. The standard InChI is InChI=1S/C24H28N6O2/c1-18-4-3-10-29(18)12-13-31-21-6-8-24(26-16-21)32-20-5-7-22-19(14-20)15-25-17-30(22)23-9-11-28(2)27-23/h5-9,11,14-16,18H,3-4,10,12-13,17H2,1-2H3/t18-/m1/s1. The number of nitrogens with zero attached hydrogens (tertiary/aromatic N) is 6. The van der Waals surface area contributed by atoms with Crippen LogP contribution in [0.2, 0.25) is 0 Å². The number of anilines is 2. The number of benzene rings is 1. The molecule has 0 aliphatic carbocycles. The van der Waals surface area contributed by atoms with Gasteiger partial charge in [0.25, 0.3) is 0 Å². The van der Waals surface area contributed by atoms with Crippen LogP contribution in [0.25, 0.3) is 0 Å². The van der Waals surface area contributed by atoms with Gasteiger partial charge in [0.15, 0.2) is 5.82 Å². The molecule has 2 aliphatic rings. The van der Waals surface area contributed by atoms with Gasteiger partial charge in [-0.2, -0.15) is 5.10 Å². The zero-order valence-corrected chi connectivity index (χ0v) is 18.5. The molecule has 2 aromatic heterocycles. The monoisotopic (exact) mass is 432 g/mol. The highest BCUT2D eigenvalue weighted by Crippen LogP contribution is 2.33. The maximum Gasteiger partial charge on any atom is 0.219 e. The molecule has 0 spiro atoms. The molecular formula is C24H28N6O2. The predicted octanol–water partition coefficient (Wildman–Crippen LogP) is 4.00. The molecule has 0 radical (unpaired) electrons. The second-order valence-corrected chi connectivity index (χ2v) is 8.26. The Hall–Kier alpha value is -3.39. The van der Waals surface area contributed by atoms with Crippen LogP contribution in [0, 0.1) is 0 Å². The Bertz CT molecular complexity index is 1090. The lowest BCUT2D eigenvalue weighted by molar-refractivity contribution is 0.204. The first-order valence-corrected chi connectivity index (χ1v) is 11.1. The molecule has 0 bridgehead atoms. The number of hydrogen-bond acceptors (Lipinski definition) is 7. The molecule has 2 aliphatic heterocycles. The second-order valence-electron chi connectivity index (χ2n) is 8.26. The van der Waals surface area contributed by atoms with Crippen LogP contribution < -0.4 is 14.4 Å². The van der Waals surface area contributed by atoms with E-state index in [-0.39, 0.29) is 0 Å². The zero-order chi connectivity index (χ0) is 21.9. The fraction of sp³-hybridized carbons (Fsp3) is 0.375. The van der Waals surface area contributed by atoms with Gasteiger partial charge in [0.2, 0.25) is 5.88 Å². The molecule has 1 saturated heterocycles. The van der Waals surface area contributed by atoms with Crippen molar-refractivity contribution in [3.8, 4) is 17.4 Å². The molecular weight excluding hydrogens is 404 g/mol. The number of hydrogen-bond donors (Lipinski definition) is 0. The second kappa shape index (κ2) is 9.00. The molecule has 0 N–H and O–H groups in total. The summed E-state index contributed by atoms with van der Waals surface area (Å²) in [5.41, 5.74) is 2.03. The lowest BCUT2D eigenvalue weighted by atomic mass is 10.1. The number of aromatic nitrogens is 3. The van der Waals surface area contributed by atoms with E-state index in [4.69, 9.17) is 9.47 Å². The summed E-state index contributed by atoms with van der Waals surface area (Å²) in [6.07, 6.45) is 8.07. The molecule has 4 heterocycles. The summed E-state index contributed by atoms with van der Waals surface area (Å²) in [5.74, 6) is 2.87. The summed E-state index contributed by atoms with van der Waals surface area (Å²) >= 11 is 0. The summed E-state index contributed by atoms with van der Waals surface area (Å²) in [4.78, 5) is 13.4. The van der Waals surface area contributed by atoms with Crippen LogP contribution in [-0.2, 0) is 7.05 Å². The number of likely N-dealkylation sites (tertiary alicyclic amines) is 1. The first-order valence-electron chi connectivity index (χ1n) is 11.1. The lowest BCUT2D eigenvalue weighted by Crippen LogP contribution is -2.31. The zero-order valence-electron chi connectivity index (χ0n) is 18.5. The normalized spacial score (nSPS) is 18.1. The molecule has 8 heteroatoms. The molecule has 5 rings (SSSR count). The average Bonchev–Trinajstić information content (AvgIpc) is 3.42. The molecule has 3 aromatic rings. The molecule has 1 atom stereocenters. The minimum Gasteiger partial charge on any atom is -0.491 e. The number of aliphatic imine (C=N–C) groups is 1. The van der Waals surface area contributed by atoms with Crippen molar-refractivity contribution in [3.63, 3.8) is 0 Å². The smallest absolute Gasteiger partial charge is 0.219 e. The van der Waals surface area contributed by atoms with Gasteiger partial charge in [-0.3, -0.25) is 14.6 Å². The van der Waals surface area contributed by atoms with Crippen molar-refractivity contribution in [1.82, 2.24) is 19.7 Å². The Balaban J connectivity index is 1.20. The Morgan fingerprint density at radius 3 is 2.78 bits per heavy atom. The van der Waals surface area contributed by atoms with Gasteiger partial charge in [0.1, 0.15) is 24.8 Å². The molecule has 166 valence electrons. The highest BCUT2D eigenvalue weighted by atomic mass is 16.5. The Morgan fingerprint density at radius 1 is 1.12 bits per heavy atom. The summed E-state index contributed by atoms with van der Waals surface area (Å²) in [6, 6.07) is 12.3. The van der Waals surface area contributed by atoms with E-state index in [9.17, 15) is 0 Å². The van der Waals surface area contributed by atoms with Gasteiger partial charge in [-0.15, -0.1) is 0 Å². The summed E-state index contributed by atoms with van der Waals surface area (Å²) in [7, 11) is 1.91. The number of aryl methyl sites for hydroxylation is 1. The van der Waals surface area contributed by atoms with E-state index in [1.54, 1.807) is 10.9 Å². The maximum atomic E-state index is 5.97. The van der Waals surface area contributed by atoms with Crippen molar-refractivity contribution in [2.24, 2.45) is 12.0 Å². The fourth-order valence-electron chi connectivity index (χ4n) is 4.22. The van der Waals surface area contributed by atoms with Gasteiger partial charge in [0.05, 0.1) is 11.9 Å². The van der Waals surface area contributed by atoms with E-state index in [0.717, 1.165) is 29.4 Å². The molecule has 1 aromatic carbocycles. The summed E-state index contributed by atoms with van der Waals surface area (Å²) in [6.45, 7) is 5.61. The van der Waals surface area contributed by atoms with Crippen LogP contribution >= 0.6 is 0 Å². The van der Waals surface area contributed by atoms with Crippen molar-refractivity contribution in [2.45, 2.75) is 25.8 Å². The van der Waals surface area contributed by atoms with Gasteiger partial charge < -0.3 is 14.4 Å². The molecule has 0 saturated carbocycles.